The van der Waals surface area contributed by atoms with Gasteiger partial charge in [-0.25, -0.2) is 4.98 Å². The Hall–Kier alpha value is -2.83. The number of fused-ring (bicyclic) bond motifs is 1. The molecule has 1 aromatic carbocycles. The van der Waals surface area contributed by atoms with Gasteiger partial charge in [0.25, 0.3) is 5.91 Å². The Labute approximate surface area is 129 Å². The van der Waals surface area contributed by atoms with E-state index in [0.29, 0.717) is 17.8 Å². The summed E-state index contributed by atoms with van der Waals surface area (Å²) >= 11 is 0. The minimum absolute atomic E-state index is 0.143. The minimum Gasteiger partial charge on any atom is -0.364 e. The van der Waals surface area contributed by atoms with E-state index in [9.17, 15) is 18.0 Å². The molecule has 1 amide bonds. The number of primary amides is 1. The van der Waals surface area contributed by atoms with Gasteiger partial charge < -0.3 is 10.3 Å². The quantitative estimate of drug-likeness (QED) is 0.806. The second-order valence-corrected chi connectivity index (χ2v) is 5.11. The molecule has 0 aliphatic heterocycles. The molecule has 0 saturated heterocycles. The van der Waals surface area contributed by atoms with Gasteiger partial charge in [-0.1, -0.05) is 12.1 Å². The molecule has 0 radical (unpaired) electrons. The Morgan fingerprint density at radius 3 is 2.39 bits per heavy atom. The zero-order chi connectivity index (χ0) is 16.6. The fourth-order valence-electron chi connectivity index (χ4n) is 2.32. The van der Waals surface area contributed by atoms with Gasteiger partial charge in [0.1, 0.15) is 11.3 Å². The lowest BCUT2D eigenvalue weighted by Crippen LogP contribution is -2.13. The highest BCUT2D eigenvalue weighted by atomic mass is 19.4. The van der Waals surface area contributed by atoms with Gasteiger partial charge in [-0.05, 0) is 35.9 Å². The summed E-state index contributed by atoms with van der Waals surface area (Å²) in [5.41, 5.74) is 5.93. The number of halogens is 3. The monoisotopic (exact) mass is 319 g/mol. The topological polar surface area (TPSA) is 60.9 Å². The summed E-state index contributed by atoms with van der Waals surface area (Å²) in [6.45, 7) is 0.344. The number of pyridine rings is 1. The van der Waals surface area contributed by atoms with Crippen molar-refractivity contribution in [1.29, 1.82) is 0 Å². The van der Waals surface area contributed by atoms with Crippen molar-refractivity contribution >= 4 is 16.9 Å². The van der Waals surface area contributed by atoms with Gasteiger partial charge in [0.05, 0.1) is 5.56 Å². The summed E-state index contributed by atoms with van der Waals surface area (Å²) in [6.07, 6.45) is -2.59. The molecule has 2 N–H and O–H groups in total. The molecule has 0 aliphatic carbocycles. The van der Waals surface area contributed by atoms with Crippen LogP contribution in [0.25, 0.3) is 11.0 Å². The van der Waals surface area contributed by atoms with E-state index in [1.807, 2.05) is 6.07 Å². The second-order valence-electron chi connectivity index (χ2n) is 5.11. The number of benzene rings is 1. The van der Waals surface area contributed by atoms with Crippen LogP contribution in [0.5, 0.6) is 0 Å². The zero-order valence-corrected chi connectivity index (χ0v) is 11.8. The van der Waals surface area contributed by atoms with Crippen molar-refractivity contribution in [1.82, 2.24) is 9.55 Å². The van der Waals surface area contributed by atoms with Crippen LogP contribution in [-0.4, -0.2) is 15.5 Å². The van der Waals surface area contributed by atoms with Crippen molar-refractivity contribution in [3.63, 3.8) is 0 Å². The smallest absolute Gasteiger partial charge is 0.364 e. The number of carbonyl (C=O) groups is 1. The van der Waals surface area contributed by atoms with Crippen LogP contribution in [0.4, 0.5) is 13.2 Å². The molecule has 0 aliphatic rings. The van der Waals surface area contributed by atoms with Crippen molar-refractivity contribution in [2.75, 3.05) is 0 Å². The summed E-state index contributed by atoms with van der Waals surface area (Å²) in [7, 11) is 0. The normalized spacial score (nSPS) is 11.8. The number of hydrogen-bond donors (Lipinski definition) is 1. The maximum atomic E-state index is 12.6. The molecule has 23 heavy (non-hydrogen) atoms. The van der Waals surface area contributed by atoms with Gasteiger partial charge in [-0.15, -0.1) is 0 Å². The summed E-state index contributed by atoms with van der Waals surface area (Å²) in [4.78, 5) is 15.4. The molecule has 0 spiro atoms. The third-order valence-electron chi connectivity index (χ3n) is 3.50. The van der Waals surface area contributed by atoms with Crippen molar-refractivity contribution < 1.29 is 18.0 Å². The molecule has 0 fully saturated rings. The molecule has 4 nitrogen and oxygen atoms in total. The fraction of sp³-hybridized carbons (Fsp3) is 0.125. The van der Waals surface area contributed by atoms with Gasteiger partial charge in [0, 0.05) is 18.1 Å². The second kappa shape index (κ2) is 5.42. The number of hydrogen-bond acceptors (Lipinski definition) is 2. The summed E-state index contributed by atoms with van der Waals surface area (Å²) in [5.74, 6) is -0.630. The highest BCUT2D eigenvalue weighted by Gasteiger charge is 2.29. The van der Waals surface area contributed by atoms with Crippen molar-refractivity contribution in [2.45, 2.75) is 12.7 Å². The molecule has 118 valence electrons. The van der Waals surface area contributed by atoms with Crippen LogP contribution in [0, 0.1) is 0 Å². The van der Waals surface area contributed by atoms with E-state index >= 15 is 0 Å². The van der Waals surface area contributed by atoms with Crippen LogP contribution in [0.1, 0.15) is 21.6 Å². The van der Waals surface area contributed by atoms with Gasteiger partial charge in [0.2, 0.25) is 0 Å². The number of alkyl halides is 3. The minimum atomic E-state index is -4.35. The Bertz CT molecular complexity index is 866. The van der Waals surface area contributed by atoms with E-state index in [4.69, 9.17) is 5.73 Å². The van der Waals surface area contributed by atoms with Gasteiger partial charge in [-0.2, -0.15) is 13.2 Å². The predicted octanol–water partition coefficient (Wildman–Crippen LogP) is 3.20. The highest BCUT2D eigenvalue weighted by Crippen LogP contribution is 2.29. The average molecular weight is 319 g/mol. The lowest BCUT2D eigenvalue weighted by molar-refractivity contribution is -0.137. The van der Waals surface area contributed by atoms with E-state index in [2.05, 4.69) is 4.98 Å². The molecule has 0 bridgehead atoms. The average Bonchev–Trinajstić information content (AvgIpc) is 2.89. The molecule has 0 saturated carbocycles. The number of amides is 1. The Morgan fingerprint density at radius 2 is 1.78 bits per heavy atom. The molecular formula is C16H12F3N3O. The van der Waals surface area contributed by atoms with Crippen LogP contribution >= 0.6 is 0 Å². The number of aromatic nitrogens is 2. The molecule has 3 rings (SSSR count). The fourth-order valence-corrected chi connectivity index (χ4v) is 2.32. The largest absolute Gasteiger partial charge is 0.416 e. The lowest BCUT2D eigenvalue weighted by atomic mass is 10.1. The first kappa shape index (κ1) is 15.1. The molecule has 3 aromatic rings. The summed E-state index contributed by atoms with van der Waals surface area (Å²) in [5, 5.41) is 0.821. The molecule has 2 aromatic heterocycles. The Morgan fingerprint density at radius 1 is 1.09 bits per heavy atom. The van der Waals surface area contributed by atoms with Crippen molar-refractivity contribution in [2.24, 2.45) is 5.73 Å². The third kappa shape index (κ3) is 3.03. The highest BCUT2D eigenvalue weighted by molar-refractivity contribution is 5.93. The maximum Gasteiger partial charge on any atom is 0.416 e. The van der Waals surface area contributed by atoms with Gasteiger partial charge in [-0.3, -0.25) is 4.79 Å². The first-order chi connectivity index (χ1) is 10.8. The van der Waals surface area contributed by atoms with Gasteiger partial charge >= 0.3 is 6.18 Å². The third-order valence-corrected chi connectivity index (χ3v) is 3.50. The van der Waals surface area contributed by atoms with Crippen molar-refractivity contribution in [3.05, 3.63) is 65.5 Å². The Balaban J connectivity index is 1.92. The molecule has 2 heterocycles. The van der Waals surface area contributed by atoms with Crippen LogP contribution in [0.15, 0.2) is 48.7 Å². The molecule has 0 unspecified atom stereocenters. The lowest BCUT2D eigenvalue weighted by Gasteiger charge is -2.09. The van der Waals surface area contributed by atoms with E-state index in [0.717, 1.165) is 17.5 Å². The van der Waals surface area contributed by atoms with Crippen LogP contribution in [0.3, 0.4) is 0 Å². The van der Waals surface area contributed by atoms with E-state index in [-0.39, 0.29) is 5.69 Å². The van der Waals surface area contributed by atoms with E-state index in [1.54, 1.807) is 16.8 Å². The standard InChI is InChI=1S/C16H12F3N3O/c17-16(18,19)12-4-1-10(2-5-12)9-22-8-7-11-3-6-13(14(20)23)21-15(11)22/h1-8H,9H2,(H2,20,23). The van der Waals surface area contributed by atoms with E-state index < -0.39 is 17.6 Å². The molecular weight excluding hydrogens is 307 g/mol. The number of nitrogens with two attached hydrogens (primary N) is 1. The van der Waals surface area contributed by atoms with E-state index in [1.165, 1.54) is 18.2 Å². The summed E-state index contributed by atoms with van der Waals surface area (Å²) in [6, 6.07) is 10.0. The summed E-state index contributed by atoms with van der Waals surface area (Å²) < 4.78 is 39.5. The SMILES string of the molecule is NC(=O)c1ccc2ccn(Cc3ccc(C(F)(F)F)cc3)c2n1. The number of nitrogens with zero attached hydrogens (tertiary/aromatic N) is 2. The first-order valence-electron chi connectivity index (χ1n) is 6.76. The van der Waals surface area contributed by atoms with Crippen LogP contribution in [-0.2, 0) is 12.7 Å². The zero-order valence-electron chi connectivity index (χ0n) is 11.8. The van der Waals surface area contributed by atoms with Crippen molar-refractivity contribution in [3.8, 4) is 0 Å². The maximum absolute atomic E-state index is 12.6. The number of rotatable bonds is 3. The Kier molecular flexibility index (Phi) is 3.55. The van der Waals surface area contributed by atoms with Crippen LogP contribution in [0.2, 0.25) is 0 Å². The predicted molar refractivity (Wildman–Crippen MR) is 78.8 cm³/mol. The first-order valence-corrected chi connectivity index (χ1v) is 6.76. The molecule has 7 heteroatoms. The number of carbonyl (C=O) groups excluding carboxylic acids is 1. The van der Waals surface area contributed by atoms with Crippen LogP contribution < -0.4 is 5.73 Å². The van der Waals surface area contributed by atoms with Gasteiger partial charge in [0.15, 0.2) is 0 Å². The molecule has 0 atom stereocenters.